The summed E-state index contributed by atoms with van der Waals surface area (Å²) in [6, 6.07) is 1.76. The van der Waals surface area contributed by atoms with Gasteiger partial charge in [-0.3, -0.25) is 10.1 Å². The second-order valence-corrected chi connectivity index (χ2v) is 2.27. The van der Waals surface area contributed by atoms with Gasteiger partial charge in [-0.15, -0.1) is 0 Å². The van der Waals surface area contributed by atoms with E-state index in [4.69, 9.17) is 10.00 Å². The van der Waals surface area contributed by atoms with E-state index in [-0.39, 0.29) is 12.3 Å². The van der Waals surface area contributed by atoms with E-state index in [0.29, 0.717) is 13.0 Å². The molecule has 0 spiro atoms. The van der Waals surface area contributed by atoms with Crippen LogP contribution in [-0.2, 0) is 9.53 Å². The fourth-order valence-corrected chi connectivity index (χ4v) is 0.616. The zero-order valence-corrected chi connectivity index (χ0v) is 7.20. The van der Waals surface area contributed by atoms with Gasteiger partial charge in [-0.2, -0.15) is 5.26 Å². The first kappa shape index (κ1) is 10.9. The molecule has 0 bridgehead atoms. The molecule has 5 heteroatoms. The van der Waals surface area contributed by atoms with Crippen molar-refractivity contribution in [3.63, 3.8) is 0 Å². The smallest absolute Gasteiger partial charge is 0.209 e. The van der Waals surface area contributed by atoms with E-state index in [1.165, 1.54) is 7.11 Å². The molecular formula is C7H13N3O2. The van der Waals surface area contributed by atoms with Gasteiger partial charge in [-0.05, 0) is 6.92 Å². The lowest BCUT2D eigenvalue weighted by molar-refractivity contribution is -0.112. The number of rotatable bonds is 6. The van der Waals surface area contributed by atoms with Crippen molar-refractivity contribution >= 4 is 6.41 Å². The molecule has 68 valence electrons. The van der Waals surface area contributed by atoms with E-state index >= 15 is 0 Å². The minimum Gasteiger partial charge on any atom is -0.360 e. The Morgan fingerprint density at radius 2 is 2.42 bits per heavy atom. The van der Waals surface area contributed by atoms with E-state index in [1.54, 1.807) is 6.92 Å². The van der Waals surface area contributed by atoms with Crippen LogP contribution in [0.4, 0.5) is 0 Å². The van der Waals surface area contributed by atoms with Gasteiger partial charge in [0.05, 0.1) is 12.1 Å². The van der Waals surface area contributed by atoms with E-state index in [1.807, 2.05) is 6.07 Å². The monoisotopic (exact) mass is 171 g/mol. The predicted octanol–water partition coefficient (Wildman–Crippen LogP) is -0.793. The molecule has 1 amide bonds. The second kappa shape index (κ2) is 6.58. The summed E-state index contributed by atoms with van der Waals surface area (Å²) in [6.45, 7) is 2.15. The van der Waals surface area contributed by atoms with Crippen molar-refractivity contribution < 1.29 is 9.53 Å². The van der Waals surface area contributed by atoms with Gasteiger partial charge >= 0.3 is 0 Å². The number of amides is 1. The second-order valence-electron chi connectivity index (χ2n) is 2.27. The van der Waals surface area contributed by atoms with E-state index in [2.05, 4.69) is 10.6 Å². The largest absolute Gasteiger partial charge is 0.360 e. The third-order valence-electron chi connectivity index (χ3n) is 1.34. The molecule has 2 atom stereocenters. The molecule has 12 heavy (non-hydrogen) atoms. The van der Waals surface area contributed by atoms with Gasteiger partial charge in [0.1, 0.15) is 6.23 Å². The van der Waals surface area contributed by atoms with Crippen LogP contribution in [0.2, 0.25) is 0 Å². The minimum atomic E-state index is -0.377. The van der Waals surface area contributed by atoms with Crippen LogP contribution >= 0.6 is 0 Å². The summed E-state index contributed by atoms with van der Waals surface area (Å²) in [7, 11) is 1.49. The molecular weight excluding hydrogens is 158 g/mol. The fraction of sp³-hybridized carbons (Fsp3) is 0.714. The summed E-state index contributed by atoms with van der Waals surface area (Å²) in [5.41, 5.74) is 0. The lowest BCUT2D eigenvalue weighted by Crippen LogP contribution is -2.41. The third-order valence-corrected chi connectivity index (χ3v) is 1.34. The summed E-state index contributed by atoms with van der Waals surface area (Å²) in [6.07, 6.45) is 0.186. The number of carbonyl (C=O) groups excluding carboxylic acids is 1. The average molecular weight is 171 g/mol. The Kier molecular flexibility index (Phi) is 5.97. The van der Waals surface area contributed by atoms with Crippen LogP contribution in [0.15, 0.2) is 0 Å². The third kappa shape index (κ3) is 4.66. The van der Waals surface area contributed by atoms with E-state index < -0.39 is 0 Å². The molecule has 0 saturated heterocycles. The summed E-state index contributed by atoms with van der Waals surface area (Å²) >= 11 is 0. The highest BCUT2D eigenvalue weighted by molar-refractivity contribution is 5.46. The molecule has 0 aromatic heterocycles. The summed E-state index contributed by atoms with van der Waals surface area (Å²) < 4.78 is 4.87. The molecule has 0 saturated carbocycles. The van der Waals surface area contributed by atoms with E-state index in [9.17, 15) is 4.79 Å². The highest BCUT2D eigenvalue weighted by atomic mass is 16.5. The lowest BCUT2D eigenvalue weighted by Gasteiger charge is -2.15. The Hall–Kier alpha value is -1.12. The number of nitriles is 1. The topological polar surface area (TPSA) is 74.2 Å². The lowest BCUT2D eigenvalue weighted by atomic mass is 10.4. The molecule has 0 aliphatic rings. The van der Waals surface area contributed by atoms with Crippen LogP contribution in [0.3, 0.4) is 0 Å². The van der Waals surface area contributed by atoms with Gasteiger partial charge in [0.15, 0.2) is 0 Å². The standard InChI is InChI=1S/C7H13N3O2/c1-6(3-8)9-4-7(12-2)10-5-11/h5-7,9H,4H2,1-2H3,(H,10,11). The molecule has 0 rings (SSSR count). The summed E-state index contributed by atoms with van der Waals surface area (Å²) in [5, 5.41) is 13.7. The maximum absolute atomic E-state index is 10.0. The molecule has 0 radical (unpaired) electrons. The maximum Gasteiger partial charge on any atom is 0.209 e. The predicted molar refractivity (Wildman–Crippen MR) is 43.1 cm³/mol. The number of ether oxygens (including phenoxy) is 1. The first-order valence-corrected chi connectivity index (χ1v) is 3.60. The number of nitrogens with one attached hydrogen (secondary N) is 2. The molecule has 0 aliphatic heterocycles. The highest BCUT2D eigenvalue weighted by Crippen LogP contribution is 1.82. The first-order valence-electron chi connectivity index (χ1n) is 3.60. The Balaban J connectivity index is 3.58. The quantitative estimate of drug-likeness (QED) is 0.405. The maximum atomic E-state index is 10.0. The highest BCUT2D eigenvalue weighted by Gasteiger charge is 2.06. The molecule has 0 aliphatic carbocycles. The number of methoxy groups -OCH3 is 1. The Labute approximate surface area is 71.7 Å². The van der Waals surface area contributed by atoms with Crippen molar-refractivity contribution in [2.24, 2.45) is 0 Å². The number of hydrogen-bond acceptors (Lipinski definition) is 4. The molecule has 0 heterocycles. The van der Waals surface area contributed by atoms with Crippen molar-refractivity contribution in [1.82, 2.24) is 10.6 Å². The molecule has 5 nitrogen and oxygen atoms in total. The minimum absolute atomic E-state index is 0.240. The van der Waals surface area contributed by atoms with Crippen molar-refractivity contribution in [2.45, 2.75) is 19.2 Å². The number of hydrogen-bond donors (Lipinski definition) is 2. The van der Waals surface area contributed by atoms with Crippen molar-refractivity contribution in [3.05, 3.63) is 0 Å². The molecule has 0 aromatic rings. The fourth-order valence-electron chi connectivity index (χ4n) is 0.616. The van der Waals surface area contributed by atoms with Crippen LogP contribution in [0, 0.1) is 11.3 Å². The first-order chi connectivity index (χ1) is 5.74. The zero-order chi connectivity index (χ0) is 9.40. The van der Waals surface area contributed by atoms with Gasteiger partial charge in [0.25, 0.3) is 0 Å². The van der Waals surface area contributed by atoms with Gasteiger partial charge in [-0.25, -0.2) is 0 Å². The van der Waals surface area contributed by atoms with Gasteiger partial charge < -0.3 is 10.1 Å². The van der Waals surface area contributed by atoms with Gasteiger partial charge in [0.2, 0.25) is 6.41 Å². The van der Waals surface area contributed by atoms with Crippen LogP contribution in [0.25, 0.3) is 0 Å². The zero-order valence-electron chi connectivity index (χ0n) is 7.20. The average Bonchev–Trinajstić information content (AvgIpc) is 2.11. The van der Waals surface area contributed by atoms with Crippen molar-refractivity contribution in [1.29, 1.82) is 5.26 Å². The number of carbonyl (C=O) groups is 1. The van der Waals surface area contributed by atoms with Gasteiger partial charge in [0, 0.05) is 13.7 Å². The molecule has 0 fully saturated rings. The molecule has 0 aromatic carbocycles. The van der Waals surface area contributed by atoms with Crippen LogP contribution in [-0.4, -0.2) is 32.3 Å². The Morgan fingerprint density at radius 1 is 1.75 bits per heavy atom. The van der Waals surface area contributed by atoms with Crippen molar-refractivity contribution in [3.8, 4) is 6.07 Å². The molecule has 2 N–H and O–H groups in total. The summed E-state index contributed by atoms with van der Waals surface area (Å²) in [5.74, 6) is 0. The van der Waals surface area contributed by atoms with E-state index in [0.717, 1.165) is 0 Å². The molecule has 2 unspecified atom stereocenters. The Bertz CT molecular complexity index is 167. The van der Waals surface area contributed by atoms with Crippen molar-refractivity contribution in [2.75, 3.05) is 13.7 Å². The van der Waals surface area contributed by atoms with Crippen LogP contribution in [0.5, 0.6) is 0 Å². The number of nitrogens with zero attached hydrogens (tertiary/aromatic N) is 1. The Morgan fingerprint density at radius 3 is 2.83 bits per heavy atom. The SMILES string of the molecule is COC(CNC(C)C#N)NC=O. The normalized spacial score (nSPS) is 14.4. The van der Waals surface area contributed by atoms with Crippen LogP contribution < -0.4 is 10.6 Å². The van der Waals surface area contributed by atoms with Crippen LogP contribution in [0.1, 0.15) is 6.92 Å². The summed E-state index contributed by atoms with van der Waals surface area (Å²) in [4.78, 5) is 10.0. The van der Waals surface area contributed by atoms with Gasteiger partial charge in [-0.1, -0.05) is 0 Å².